The highest BCUT2D eigenvalue weighted by molar-refractivity contribution is 7.07. The number of hydrogen-bond donors (Lipinski definition) is 0. The molecule has 3 aromatic carbocycles. The number of non-ortho nitro benzene ring substituents is 1. The summed E-state index contributed by atoms with van der Waals surface area (Å²) < 4.78 is 12.7. The van der Waals surface area contributed by atoms with Crippen molar-refractivity contribution in [1.82, 2.24) is 4.57 Å². The molecule has 218 valence electrons. The average molecular weight is 621 g/mol. The first kappa shape index (κ1) is 29.4. The molecule has 1 aliphatic rings. The maximum Gasteiger partial charge on any atom is 0.338 e. The van der Waals surface area contributed by atoms with Gasteiger partial charge in [-0.25, -0.2) is 9.79 Å². The molecule has 0 aliphatic carbocycles. The molecule has 0 N–H and O–H groups in total. The van der Waals surface area contributed by atoms with Gasteiger partial charge in [0.15, 0.2) is 4.80 Å². The Balaban J connectivity index is 1.58. The van der Waals surface area contributed by atoms with E-state index in [0.29, 0.717) is 31.2 Å². The number of nitro benzene ring substituents is 2. The van der Waals surface area contributed by atoms with Crippen molar-refractivity contribution in [2.75, 3.05) is 6.61 Å². The molecule has 0 spiro atoms. The zero-order chi connectivity index (χ0) is 30.8. The molecule has 0 saturated heterocycles. The second kappa shape index (κ2) is 12.0. The molecule has 14 heteroatoms. The third-order valence-corrected chi connectivity index (χ3v) is 7.78. The van der Waals surface area contributed by atoms with Gasteiger partial charge >= 0.3 is 11.7 Å². The van der Waals surface area contributed by atoms with E-state index < -0.39 is 38.8 Å². The van der Waals surface area contributed by atoms with E-state index in [9.17, 15) is 29.8 Å². The number of carbonyl (C=O) groups excluding carboxylic acids is 1. The number of allylic oxidation sites excluding steroid dienone is 1. The van der Waals surface area contributed by atoms with Gasteiger partial charge in [0.25, 0.3) is 11.2 Å². The van der Waals surface area contributed by atoms with E-state index in [1.807, 2.05) is 0 Å². The lowest BCUT2D eigenvalue weighted by atomic mass is 9.96. The minimum atomic E-state index is -0.872. The fourth-order valence-electron chi connectivity index (χ4n) is 4.58. The molecule has 12 nitrogen and oxygen atoms in total. The largest absolute Gasteiger partial charge is 0.463 e. The van der Waals surface area contributed by atoms with Crippen molar-refractivity contribution in [3.8, 4) is 11.5 Å². The van der Waals surface area contributed by atoms with Crippen LogP contribution in [0.5, 0.6) is 11.5 Å². The minimum absolute atomic E-state index is 0.136. The van der Waals surface area contributed by atoms with Crippen molar-refractivity contribution in [2.45, 2.75) is 19.9 Å². The first-order valence-corrected chi connectivity index (χ1v) is 13.9. The molecule has 5 rings (SSSR count). The first-order valence-electron chi connectivity index (χ1n) is 12.7. The molecular weight excluding hydrogens is 600 g/mol. The molecular formula is C29H21ClN4O8S. The lowest BCUT2D eigenvalue weighted by Crippen LogP contribution is -2.40. The van der Waals surface area contributed by atoms with Gasteiger partial charge in [0.1, 0.15) is 11.8 Å². The molecule has 0 fully saturated rings. The molecule has 0 amide bonds. The van der Waals surface area contributed by atoms with Gasteiger partial charge in [-0.15, -0.1) is 0 Å². The van der Waals surface area contributed by atoms with Crippen LogP contribution in [-0.4, -0.2) is 27.0 Å². The summed E-state index contributed by atoms with van der Waals surface area (Å²) in [6, 6.07) is 15.6. The van der Waals surface area contributed by atoms with Gasteiger partial charge in [0, 0.05) is 11.1 Å². The number of benzene rings is 3. The van der Waals surface area contributed by atoms with Crippen LogP contribution >= 0.6 is 22.9 Å². The molecule has 2 heterocycles. The van der Waals surface area contributed by atoms with Crippen LogP contribution in [0.3, 0.4) is 0 Å². The van der Waals surface area contributed by atoms with Crippen LogP contribution in [0.1, 0.15) is 31.0 Å². The summed E-state index contributed by atoms with van der Waals surface area (Å²) in [6.07, 6.45) is 1.61. The van der Waals surface area contributed by atoms with E-state index in [2.05, 4.69) is 4.99 Å². The highest BCUT2D eigenvalue weighted by Crippen LogP contribution is 2.36. The van der Waals surface area contributed by atoms with Gasteiger partial charge in [-0.3, -0.25) is 29.6 Å². The SMILES string of the molecule is CCOC(=O)C1=C(C)N=c2s/c(=C\c3cccc(Oc4ccc([N+](=O)[O-])cc4[N+](=O)[O-])c3)c(=O)n2[C@@H]1c1ccccc1Cl. The fraction of sp³-hybridized carbons (Fsp3) is 0.138. The average Bonchev–Trinajstić information content (AvgIpc) is 3.26. The summed E-state index contributed by atoms with van der Waals surface area (Å²) in [5, 5.41) is 22.9. The van der Waals surface area contributed by atoms with Crippen molar-refractivity contribution >= 4 is 46.4 Å². The summed E-state index contributed by atoms with van der Waals surface area (Å²) in [4.78, 5) is 52.8. The topological polar surface area (TPSA) is 156 Å². The maximum absolute atomic E-state index is 13.8. The maximum atomic E-state index is 13.8. The Hall–Kier alpha value is -5.14. The Morgan fingerprint density at radius 2 is 1.86 bits per heavy atom. The number of ether oxygens (including phenoxy) is 2. The van der Waals surface area contributed by atoms with E-state index in [4.69, 9.17) is 21.1 Å². The smallest absolute Gasteiger partial charge is 0.338 e. The summed E-state index contributed by atoms with van der Waals surface area (Å²) >= 11 is 7.65. The van der Waals surface area contributed by atoms with Crippen LogP contribution < -0.4 is 19.6 Å². The summed E-state index contributed by atoms with van der Waals surface area (Å²) in [6.45, 7) is 3.49. The van der Waals surface area contributed by atoms with E-state index in [1.165, 1.54) is 4.57 Å². The zero-order valence-corrected chi connectivity index (χ0v) is 24.1. The number of hydrogen-bond acceptors (Lipinski definition) is 10. The molecule has 0 saturated carbocycles. The highest BCUT2D eigenvalue weighted by atomic mass is 35.5. The number of fused-ring (bicyclic) bond motifs is 1. The number of nitro groups is 2. The first-order chi connectivity index (χ1) is 20.6. The van der Waals surface area contributed by atoms with Gasteiger partial charge in [0.05, 0.1) is 38.3 Å². The fourth-order valence-corrected chi connectivity index (χ4v) is 5.86. The molecule has 0 radical (unpaired) electrons. The minimum Gasteiger partial charge on any atom is -0.463 e. The zero-order valence-electron chi connectivity index (χ0n) is 22.6. The second-order valence-electron chi connectivity index (χ2n) is 9.16. The number of carbonyl (C=O) groups is 1. The van der Waals surface area contributed by atoms with Gasteiger partial charge in [0.2, 0.25) is 5.75 Å². The van der Waals surface area contributed by atoms with Gasteiger partial charge in [-0.1, -0.05) is 53.3 Å². The van der Waals surface area contributed by atoms with E-state index in [0.717, 1.165) is 29.5 Å². The van der Waals surface area contributed by atoms with Gasteiger partial charge in [-0.05, 0) is 55.3 Å². The monoisotopic (exact) mass is 620 g/mol. The predicted molar refractivity (Wildman–Crippen MR) is 158 cm³/mol. The summed E-state index contributed by atoms with van der Waals surface area (Å²) in [5.41, 5.74) is 0.239. The summed E-state index contributed by atoms with van der Waals surface area (Å²) in [7, 11) is 0. The van der Waals surface area contributed by atoms with Gasteiger partial charge < -0.3 is 9.47 Å². The lowest BCUT2D eigenvalue weighted by molar-refractivity contribution is -0.394. The number of halogens is 1. The van der Waals surface area contributed by atoms with Crippen molar-refractivity contribution in [3.05, 3.63) is 134 Å². The standard InChI is InChI=1S/C29H21ClN4O8S/c1-3-41-28(36)25-16(2)31-29-32(26(25)20-9-4-5-10-21(20)30)27(35)24(43-29)14-17-7-6-8-19(13-17)42-23-12-11-18(33(37)38)15-22(23)34(39)40/h4-15,26H,3H2,1-2H3/b24-14-/t26-/m1/s1. The number of esters is 1. The van der Waals surface area contributed by atoms with Crippen molar-refractivity contribution in [2.24, 2.45) is 4.99 Å². The summed E-state index contributed by atoms with van der Waals surface area (Å²) in [5.74, 6) is -0.588. The molecule has 43 heavy (non-hydrogen) atoms. The van der Waals surface area contributed by atoms with Crippen molar-refractivity contribution in [3.63, 3.8) is 0 Å². The van der Waals surface area contributed by atoms with Crippen LogP contribution in [0, 0.1) is 20.2 Å². The van der Waals surface area contributed by atoms with Crippen LogP contribution in [0.15, 0.2) is 87.8 Å². The molecule has 1 aromatic heterocycles. The molecule has 1 atom stereocenters. The van der Waals surface area contributed by atoms with Crippen LogP contribution in [0.2, 0.25) is 5.02 Å². The molecule has 0 unspecified atom stereocenters. The Morgan fingerprint density at radius 1 is 1.09 bits per heavy atom. The quantitative estimate of drug-likeness (QED) is 0.150. The highest BCUT2D eigenvalue weighted by Gasteiger charge is 2.34. The Morgan fingerprint density at radius 3 is 2.56 bits per heavy atom. The lowest BCUT2D eigenvalue weighted by Gasteiger charge is -2.25. The Labute approximate surface area is 251 Å². The van der Waals surface area contributed by atoms with Crippen molar-refractivity contribution in [1.29, 1.82) is 0 Å². The van der Waals surface area contributed by atoms with E-state index in [1.54, 1.807) is 68.5 Å². The molecule has 1 aliphatic heterocycles. The Bertz CT molecular complexity index is 2020. The van der Waals surface area contributed by atoms with Crippen LogP contribution in [0.4, 0.5) is 11.4 Å². The molecule has 4 aromatic rings. The second-order valence-corrected chi connectivity index (χ2v) is 10.6. The number of thiazole rings is 1. The predicted octanol–water partition coefficient (Wildman–Crippen LogP) is 5.06. The number of aromatic nitrogens is 1. The van der Waals surface area contributed by atoms with Crippen LogP contribution in [-0.2, 0) is 9.53 Å². The third-order valence-electron chi connectivity index (χ3n) is 6.45. The van der Waals surface area contributed by atoms with E-state index in [-0.39, 0.29) is 23.7 Å². The van der Waals surface area contributed by atoms with Crippen molar-refractivity contribution < 1.29 is 24.1 Å². The third kappa shape index (κ3) is 5.80. The van der Waals surface area contributed by atoms with E-state index >= 15 is 0 Å². The number of rotatable bonds is 8. The number of nitrogens with zero attached hydrogens (tertiary/aromatic N) is 4. The normalized spacial score (nSPS) is 14.6. The van der Waals surface area contributed by atoms with Crippen LogP contribution in [0.25, 0.3) is 6.08 Å². The molecule has 0 bridgehead atoms. The Kier molecular flexibility index (Phi) is 8.19. The van der Waals surface area contributed by atoms with Gasteiger partial charge in [-0.2, -0.15) is 0 Å².